The van der Waals surface area contributed by atoms with Crippen molar-refractivity contribution in [1.82, 2.24) is 30.0 Å². The zero-order chi connectivity index (χ0) is 37.6. The van der Waals surface area contributed by atoms with Crippen LogP contribution in [0, 0.1) is 5.92 Å². The molecule has 14 nitrogen and oxygen atoms in total. The topological polar surface area (TPSA) is 181 Å². The van der Waals surface area contributed by atoms with E-state index in [1.807, 2.05) is 60.7 Å². The Morgan fingerprint density at radius 1 is 0.963 bits per heavy atom. The Morgan fingerprint density at radius 2 is 1.67 bits per heavy atom. The summed E-state index contributed by atoms with van der Waals surface area (Å²) in [5, 5.41) is 13.9. The minimum absolute atomic E-state index is 0.00839. The van der Waals surface area contributed by atoms with Crippen LogP contribution in [0.5, 0.6) is 0 Å². The number of amides is 4. The van der Waals surface area contributed by atoms with E-state index in [2.05, 4.69) is 25.6 Å². The van der Waals surface area contributed by atoms with E-state index in [4.69, 9.17) is 4.84 Å². The number of oxime groups is 1. The van der Waals surface area contributed by atoms with Gasteiger partial charge in [-0.15, -0.1) is 0 Å². The molecule has 5 atom stereocenters. The van der Waals surface area contributed by atoms with Gasteiger partial charge >= 0.3 is 0 Å². The zero-order valence-electron chi connectivity index (χ0n) is 29.9. The summed E-state index contributed by atoms with van der Waals surface area (Å²) >= 11 is 0. The lowest BCUT2D eigenvalue weighted by Gasteiger charge is -2.29. The van der Waals surface area contributed by atoms with Crippen molar-refractivity contribution in [1.29, 1.82) is 0 Å². The molecule has 1 aromatic heterocycles. The lowest BCUT2D eigenvalue weighted by Crippen LogP contribution is -2.58. The Bertz CT molecular complexity index is 2130. The maximum absolute atomic E-state index is 14.5. The standard InChI is InChI=1S/C39H43N7O7S/c1-45-20-19-31(42-45)35(47)40-32-16-6-4-2-3-5-11-24-22-39(24,38(50)44-54(51,52)26-17-18-26)41-36(48)33-21-25(23-46(33)37(32)49)53-43-34-29-14-9-7-12-27(29)28-13-8-10-15-30(28)34/h5,7-15,19-20,24-26,32-33H,2-4,6,16-18,21-23H2,1H3,(H,40,47)(H,41,48)(H,44,50)/b11-5-/t24?,25-,32+,33+,39?/m1/s1. The lowest BCUT2D eigenvalue weighted by molar-refractivity contribution is -0.141. The van der Waals surface area contributed by atoms with Gasteiger partial charge in [-0.2, -0.15) is 5.10 Å². The third-order valence-corrected chi connectivity index (χ3v) is 12.9. The molecule has 282 valence electrons. The lowest BCUT2D eigenvalue weighted by atomic mass is 10.0. The van der Waals surface area contributed by atoms with Crippen LogP contribution < -0.4 is 15.4 Å². The quantitative estimate of drug-likeness (QED) is 0.190. The molecular weight excluding hydrogens is 711 g/mol. The van der Waals surface area contributed by atoms with E-state index in [0.717, 1.165) is 35.1 Å². The first-order chi connectivity index (χ1) is 26.0. The van der Waals surface area contributed by atoms with Gasteiger partial charge in [-0.3, -0.25) is 28.6 Å². The second-order valence-electron chi connectivity index (χ2n) is 14.9. The van der Waals surface area contributed by atoms with E-state index >= 15 is 0 Å². The highest BCUT2D eigenvalue weighted by Gasteiger charge is 2.62. The summed E-state index contributed by atoms with van der Waals surface area (Å²) < 4.78 is 29.4. The number of aryl methyl sites for hydroxylation is 1. The number of hydrogen-bond acceptors (Lipinski definition) is 9. The number of nitrogens with zero attached hydrogens (tertiary/aromatic N) is 4. The predicted octanol–water partition coefficient (Wildman–Crippen LogP) is 2.94. The number of aromatic nitrogens is 2. The molecule has 5 aliphatic rings. The van der Waals surface area contributed by atoms with Crippen molar-refractivity contribution in [3.63, 3.8) is 0 Å². The second kappa shape index (κ2) is 14.2. The van der Waals surface area contributed by atoms with Crippen LogP contribution in [-0.2, 0) is 36.3 Å². The van der Waals surface area contributed by atoms with Gasteiger partial charge in [-0.05, 0) is 55.7 Å². The summed E-state index contributed by atoms with van der Waals surface area (Å²) in [7, 11) is -2.19. The molecule has 54 heavy (non-hydrogen) atoms. The Kier molecular flexibility index (Phi) is 9.36. The molecule has 2 unspecified atom stereocenters. The van der Waals surface area contributed by atoms with Crippen LogP contribution >= 0.6 is 0 Å². The average Bonchev–Trinajstić information content (AvgIpc) is 4.01. The monoisotopic (exact) mass is 753 g/mol. The molecule has 2 saturated carbocycles. The molecule has 0 spiro atoms. The van der Waals surface area contributed by atoms with Crippen molar-refractivity contribution < 1.29 is 32.4 Å². The van der Waals surface area contributed by atoms with Crippen LogP contribution in [0.25, 0.3) is 11.1 Å². The molecule has 3 aromatic rings. The molecule has 1 saturated heterocycles. The average molecular weight is 754 g/mol. The number of allylic oxidation sites excluding steroid dienone is 1. The number of sulfonamides is 1. The fraction of sp³-hybridized carbons (Fsp3) is 0.436. The molecule has 2 aromatic carbocycles. The van der Waals surface area contributed by atoms with E-state index in [1.54, 1.807) is 19.3 Å². The van der Waals surface area contributed by atoms with Gasteiger partial charge in [0.05, 0.1) is 11.8 Å². The van der Waals surface area contributed by atoms with Gasteiger partial charge in [0.25, 0.3) is 11.8 Å². The molecular formula is C39H43N7O7S. The molecule has 4 amide bonds. The fourth-order valence-electron chi connectivity index (χ4n) is 7.83. The molecule has 2 aliphatic heterocycles. The van der Waals surface area contributed by atoms with E-state index in [0.29, 0.717) is 37.8 Å². The van der Waals surface area contributed by atoms with Crippen LogP contribution in [0.4, 0.5) is 0 Å². The minimum atomic E-state index is -3.88. The zero-order valence-corrected chi connectivity index (χ0v) is 30.8. The van der Waals surface area contributed by atoms with Gasteiger partial charge in [-0.1, -0.05) is 78.7 Å². The number of carbonyl (C=O) groups excluding carboxylic acids is 4. The molecule has 3 fully saturated rings. The van der Waals surface area contributed by atoms with Crippen molar-refractivity contribution in [3.8, 4) is 11.1 Å². The van der Waals surface area contributed by atoms with Crippen LogP contribution in [-0.4, -0.2) is 88.0 Å². The Balaban J connectivity index is 1.10. The summed E-state index contributed by atoms with van der Waals surface area (Å²) in [5.41, 5.74) is 3.16. The maximum atomic E-state index is 14.5. The molecule has 3 aliphatic carbocycles. The van der Waals surface area contributed by atoms with Crippen molar-refractivity contribution in [3.05, 3.63) is 89.8 Å². The van der Waals surface area contributed by atoms with Crippen molar-refractivity contribution >= 4 is 39.4 Å². The number of benzene rings is 2. The highest BCUT2D eigenvalue weighted by molar-refractivity contribution is 7.91. The molecule has 0 bridgehead atoms. The second-order valence-corrected chi connectivity index (χ2v) is 16.9. The highest BCUT2D eigenvalue weighted by atomic mass is 32.2. The molecule has 3 N–H and O–H groups in total. The fourth-order valence-corrected chi connectivity index (χ4v) is 9.19. The summed E-state index contributed by atoms with van der Waals surface area (Å²) in [6.45, 7) is -0.00839. The van der Waals surface area contributed by atoms with Crippen molar-refractivity contribution in [2.45, 2.75) is 86.8 Å². The first kappa shape index (κ1) is 35.7. The van der Waals surface area contributed by atoms with Crippen molar-refractivity contribution in [2.24, 2.45) is 18.1 Å². The first-order valence-corrected chi connectivity index (χ1v) is 20.2. The van der Waals surface area contributed by atoms with E-state index < -0.39 is 68.5 Å². The molecule has 15 heteroatoms. The summed E-state index contributed by atoms with van der Waals surface area (Å²) in [4.78, 5) is 63.5. The van der Waals surface area contributed by atoms with Crippen LogP contribution in [0.3, 0.4) is 0 Å². The maximum Gasteiger partial charge on any atom is 0.272 e. The number of carbonyl (C=O) groups is 4. The SMILES string of the molecule is Cn1ccc(C(=O)N[C@H]2CCCCC/C=C\C3CC3(C(=O)NS(=O)(=O)C3CC3)NC(=O)[C@@H]3C[C@@H](ON=C4c5ccccc5-c5ccccc54)CN3C2=O)n1. The number of fused-ring (bicyclic) bond motifs is 5. The Hall–Kier alpha value is -5.31. The number of hydrogen-bond donors (Lipinski definition) is 3. The number of rotatable bonds is 7. The van der Waals surface area contributed by atoms with Gasteiger partial charge in [0.2, 0.25) is 21.8 Å². The van der Waals surface area contributed by atoms with Gasteiger partial charge < -0.3 is 20.4 Å². The third-order valence-electron chi connectivity index (χ3n) is 11.0. The third kappa shape index (κ3) is 6.92. The minimum Gasteiger partial charge on any atom is -0.390 e. The summed E-state index contributed by atoms with van der Waals surface area (Å²) in [6.07, 6.45) is 9.23. The van der Waals surface area contributed by atoms with Crippen LogP contribution in [0.1, 0.15) is 79.4 Å². The molecule has 8 rings (SSSR count). The van der Waals surface area contributed by atoms with E-state index in [-0.39, 0.29) is 25.1 Å². The summed E-state index contributed by atoms with van der Waals surface area (Å²) in [6, 6.07) is 15.3. The first-order valence-electron chi connectivity index (χ1n) is 18.6. The summed E-state index contributed by atoms with van der Waals surface area (Å²) in [5.74, 6) is -2.79. The largest absolute Gasteiger partial charge is 0.390 e. The van der Waals surface area contributed by atoms with Crippen molar-refractivity contribution in [2.75, 3.05) is 6.54 Å². The number of nitrogens with one attached hydrogen (secondary N) is 3. The van der Waals surface area contributed by atoms with Crippen LogP contribution in [0.2, 0.25) is 0 Å². The van der Waals surface area contributed by atoms with Crippen LogP contribution in [0.15, 0.2) is 78.1 Å². The van der Waals surface area contributed by atoms with Gasteiger partial charge in [-0.25, -0.2) is 8.42 Å². The predicted molar refractivity (Wildman–Crippen MR) is 198 cm³/mol. The van der Waals surface area contributed by atoms with E-state index in [9.17, 15) is 27.6 Å². The molecule has 3 heterocycles. The smallest absolute Gasteiger partial charge is 0.272 e. The Labute approximate surface area is 313 Å². The van der Waals surface area contributed by atoms with E-state index in [1.165, 1.54) is 9.58 Å². The van der Waals surface area contributed by atoms with Gasteiger partial charge in [0.1, 0.15) is 35.1 Å². The van der Waals surface area contributed by atoms with Gasteiger partial charge in [0.15, 0.2) is 0 Å². The molecule has 0 radical (unpaired) electrons. The normalized spacial score (nSPS) is 27.2. The Morgan fingerprint density at radius 3 is 2.33 bits per heavy atom. The van der Waals surface area contributed by atoms with Gasteiger partial charge in [0, 0.05) is 36.7 Å². The highest BCUT2D eigenvalue weighted by Crippen LogP contribution is 2.46.